The van der Waals surface area contributed by atoms with Crippen LogP contribution in [0.25, 0.3) is 0 Å². The number of benzene rings is 1. The maximum absolute atomic E-state index is 5.68. The van der Waals surface area contributed by atoms with Crippen LogP contribution in [0.4, 0.5) is 0 Å². The molecular formula is C10H10ClI3O2. The van der Waals surface area contributed by atoms with Crippen molar-refractivity contribution >= 4 is 79.4 Å². The predicted octanol–water partition coefficient (Wildman–Crippen LogP) is 4.13. The van der Waals surface area contributed by atoms with Gasteiger partial charge in [0.2, 0.25) is 0 Å². The molecule has 6 heteroatoms. The molecule has 1 rings (SSSR count). The number of alkyl halides is 1. The van der Waals surface area contributed by atoms with E-state index in [0.29, 0.717) is 25.7 Å². The molecule has 0 aliphatic heterocycles. The molecule has 0 saturated carbocycles. The third-order valence-electron chi connectivity index (χ3n) is 1.66. The van der Waals surface area contributed by atoms with Gasteiger partial charge in [-0.05, 0) is 79.9 Å². The van der Waals surface area contributed by atoms with Gasteiger partial charge in [-0.3, -0.25) is 0 Å². The molecule has 0 amide bonds. The fraction of sp³-hybridized carbons (Fsp3) is 0.400. The van der Waals surface area contributed by atoms with Crippen LogP contribution in [0.2, 0.25) is 0 Å². The van der Waals surface area contributed by atoms with Crippen molar-refractivity contribution < 1.29 is 9.47 Å². The average molecular weight is 578 g/mol. The van der Waals surface area contributed by atoms with Gasteiger partial charge in [0.15, 0.2) is 0 Å². The van der Waals surface area contributed by atoms with E-state index in [1.165, 1.54) is 3.57 Å². The summed E-state index contributed by atoms with van der Waals surface area (Å²) in [6, 6.07) is 4.19. The van der Waals surface area contributed by atoms with Crippen molar-refractivity contribution in [2.75, 3.05) is 25.7 Å². The van der Waals surface area contributed by atoms with Crippen LogP contribution in [-0.4, -0.2) is 25.7 Å². The van der Waals surface area contributed by atoms with Crippen LogP contribution in [0.1, 0.15) is 0 Å². The monoisotopic (exact) mass is 578 g/mol. The first-order valence-corrected chi connectivity index (χ1v) is 8.33. The number of ether oxygens (including phenoxy) is 2. The van der Waals surface area contributed by atoms with Crippen LogP contribution >= 0.6 is 79.4 Å². The molecule has 0 fully saturated rings. The summed E-state index contributed by atoms with van der Waals surface area (Å²) < 4.78 is 14.4. The summed E-state index contributed by atoms with van der Waals surface area (Å²) in [6.45, 7) is 1.71. The Bertz CT molecular complexity index is 324. The molecule has 1 aromatic rings. The highest BCUT2D eigenvalue weighted by Gasteiger charge is 2.07. The second-order valence-corrected chi connectivity index (χ2v) is 6.80. The summed E-state index contributed by atoms with van der Waals surface area (Å²) in [5.41, 5.74) is 0. The lowest BCUT2D eigenvalue weighted by molar-refractivity contribution is 0.111. The minimum absolute atomic E-state index is 0.526. The van der Waals surface area contributed by atoms with E-state index in [0.717, 1.165) is 12.9 Å². The summed E-state index contributed by atoms with van der Waals surface area (Å²) in [4.78, 5) is 0. The molecule has 0 aliphatic carbocycles. The molecule has 0 saturated heterocycles. The Labute approximate surface area is 141 Å². The van der Waals surface area contributed by atoms with Gasteiger partial charge in [-0.1, -0.05) is 0 Å². The second-order valence-electron chi connectivity index (χ2n) is 2.85. The zero-order valence-corrected chi connectivity index (χ0v) is 15.5. The molecule has 16 heavy (non-hydrogen) atoms. The van der Waals surface area contributed by atoms with Gasteiger partial charge in [0, 0.05) is 9.45 Å². The lowest BCUT2D eigenvalue weighted by Gasteiger charge is -2.10. The highest BCUT2D eigenvalue weighted by molar-refractivity contribution is 14.1. The van der Waals surface area contributed by atoms with Gasteiger partial charge in [0.05, 0.1) is 20.4 Å². The quantitative estimate of drug-likeness (QED) is 0.287. The van der Waals surface area contributed by atoms with Crippen LogP contribution in [0.3, 0.4) is 0 Å². The van der Waals surface area contributed by atoms with Crippen LogP contribution in [0.5, 0.6) is 5.75 Å². The van der Waals surface area contributed by atoms with Crippen molar-refractivity contribution in [1.82, 2.24) is 0 Å². The van der Waals surface area contributed by atoms with Gasteiger partial charge in [-0.25, -0.2) is 0 Å². The van der Waals surface area contributed by atoms with E-state index in [9.17, 15) is 0 Å². The standard InChI is InChI=1S/C10H10ClI3O2/c11-1-2-15-3-4-16-10-8(13)5-7(12)6-9(10)14/h5-6H,1-4H2. The molecule has 0 unspecified atom stereocenters. The fourth-order valence-corrected chi connectivity index (χ4v) is 5.03. The summed E-state index contributed by atoms with van der Waals surface area (Å²) >= 11 is 12.4. The van der Waals surface area contributed by atoms with Crippen LogP contribution in [-0.2, 0) is 4.74 Å². The van der Waals surface area contributed by atoms with E-state index < -0.39 is 0 Å². The molecule has 0 atom stereocenters. The number of rotatable bonds is 6. The predicted molar refractivity (Wildman–Crippen MR) is 91.6 cm³/mol. The largest absolute Gasteiger partial charge is 0.489 e. The first-order chi connectivity index (χ1) is 7.65. The van der Waals surface area contributed by atoms with E-state index >= 15 is 0 Å². The zero-order valence-electron chi connectivity index (χ0n) is 8.31. The lowest BCUT2D eigenvalue weighted by Crippen LogP contribution is -2.09. The van der Waals surface area contributed by atoms with Crippen LogP contribution in [0, 0.1) is 10.7 Å². The Morgan fingerprint density at radius 1 is 1.00 bits per heavy atom. The van der Waals surface area contributed by atoms with E-state index in [2.05, 4.69) is 79.9 Å². The molecule has 0 heterocycles. The third kappa shape index (κ3) is 5.40. The minimum Gasteiger partial charge on any atom is -0.489 e. The lowest BCUT2D eigenvalue weighted by atomic mass is 10.3. The van der Waals surface area contributed by atoms with E-state index in [-0.39, 0.29) is 0 Å². The van der Waals surface area contributed by atoms with Gasteiger partial charge < -0.3 is 9.47 Å². The van der Waals surface area contributed by atoms with Crippen molar-refractivity contribution in [2.24, 2.45) is 0 Å². The average Bonchev–Trinajstić information content (AvgIpc) is 2.20. The molecule has 0 spiro atoms. The van der Waals surface area contributed by atoms with Crippen molar-refractivity contribution in [3.05, 3.63) is 22.8 Å². The molecule has 90 valence electrons. The molecule has 1 aromatic carbocycles. The molecular weight excluding hydrogens is 568 g/mol. The Balaban J connectivity index is 2.47. The van der Waals surface area contributed by atoms with Gasteiger partial charge >= 0.3 is 0 Å². The first kappa shape index (κ1) is 15.5. The van der Waals surface area contributed by atoms with Gasteiger partial charge in [-0.15, -0.1) is 11.6 Å². The minimum atomic E-state index is 0.526. The summed E-state index contributed by atoms with van der Waals surface area (Å²) in [5.74, 6) is 1.47. The number of hydrogen-bond donors (Lipinski definition) is 0. The molecule has 0 N–H and O–H groups in total. The Kier molecular flexibility index (Phi) is 8.28. The first-order valence-electron chi connectivity index (χ1n) is 4.56. The number of halogens is 4. The van der Waals surface area contributed by atoms with E-state index in [1.807, 2.05) is 0 Å². The van der Waals surface area contributed by atoms with E-state index in [4.69, 9.17) is 21.1 Å². The van der Waals surface area contributed by atoms with Crippen LogP contribution in [0.15, 0.2) is 12.1 Å². The summed E-state index contributed by atoms with van der Waals surface area (Å²) in [7, 11) is 0. The second kappa shape index (κ2) is 8.54. The molecule has 0 bridgehead atoms. The number of hydrogen-bond acceptors (Lipinski definition) is 2. The van der Waals surface area contributed by atoms with Crippen molar-refractivity contribution in [2.45, 2.75) is 0 Å². The maximum Gasteiger partial charge on any atom is 0.146 e. The Morgan fingerprint density at radius 2 is 1.62 bits per heavy atom. The van der Waals surface area contributed by atoms with Crippen LogP contribution < -0.4 is 4.74 Å². The fourth-order valence-electron chi connectivity index (χ4n) is 1.03. The highest BCUT2D eigenvalue weighted by Crippen LogP contribution is 2.29. The Morgan fingerprint density at radius 3 is 2.19 bits per heavy atom. The topological polar surface area (TPSA) is 18.5 Å². The van der Waals surface area contributed by atoms with Crippen molar-refractivity contribution in [3.8, 4) is 5.75 Å². The molecule has 2 nitrogen and oxygen atoms in total. The zero-order chi connectivity index (χ0) is 12.0. The Hall–Kier alpha value is 1.46. The van der Waals surface area contributed by atoms with Gasteiger partial charge in [0.25, 0.3) is 0 Å². The van der Waals surface area contributed by atoms with Crippen molar-refractivity contribution in [3.63, 3.8) is 0 Å². The summed E-state index contributed by atoms with van der Waals surface area (Å²) in [5, 5.41) is 0. The molecule has 0 aromatic heterocycles. The van der Waals surface area contributed by atoms with Gasteiger partial charge in [0.1, 0.15) is 12.4 Å². The van der Waals surface area contributed by atoms with Gasteiger partial charge in [-0.2, -0.15) is 0 Å². The van der Waals surface area contributed by atoms with Crippen molar-refractivity contribution in [1.29, 1.82) is 0 Å². The molecule has 0 aliphatic rings. The maximum atomic E-state index is 5.68. The highest BCUT2D eigenvalue weighted by atomic mass is 127. The SMILES string of the molecule is ClCCOCCOc1c(I)cc(I)cc1I. The summed E-state index contributed by atoms with van der Waals surface area (Å²) in [6.07, 6.45) is 0. The smallest absolute Gasteiger partial charge is 0.146 e. The van der Waals surface area contributed by atoms with E-state index in [1.54, 1.807) is 0 Å². The molecule has 0 radical (unpaired) electrons. The third-order valence-corrected chi connectivity index (χ3v) is 4.04. The normalized spacial score (nSPS) is 10.5.